The van der Waals surface area contributed by atoms with Crippen molar-refractivity contribution in [2.75, 3.05) is 32.8 Å². The molecule has 128 valence electrons. The number of ketones is 1. The molecule has 1 aliphatic heterocycles. The second-order valence-corrected chi connectivity index (χ2v) is 5.13. The molecule has 0 unspecified atom stereocenters. The normalized spacial score (nSPS) is 16.3. The predicted molar refractivity (Wildman–Crippen MR) is 84.6 cm³/mol. The van der Waals surface area contributed by atoms with E-state index in [0.717, 1.165) is 25.2 Å². The number of ether oxygens (including phenoxy) is 1. The van der Waals surface area contributed by atoms with Crippen molar-refractivity contribution in [3.05, 3.63) is 41.5 Å². The fourth-order valence-electron chi connectivity index (χ4n) is 2.18. The molecule has 1 aliphatic rings. The molecule has 1 fully saturated rings. The number of nitrogens with zero attached hydrogens (tertiary/aromatic N) is 1. The molecule has 0 aromatic heterocycles. The molecule has 1 heterocycles. The van der Waals surface area contributed by atoms with Gasteiger partial charge in [-0.1, -0.05) is 18.2 Å². The zero-order valence-corrected chi connectivity index (χ0v) is 13.3. The first kappa shape index (κ1) is 19.7. The zero-order chi connectivity index (χ0) is 16.0. The molecule has 23 heavy (non-hydrogen) atoms. The van der Waals surface area contributed by atoms with Crippen LogP contribution in [-0.2, 0) is 15.7 Å². The third kappa shape index (κ3) is 6.72. The largest absolute Gasteiger partial charge is 0.416 e. The van der Waals surface area contributed by atoms with Crippen molar-refractivity contribution in [1.29, 1.82) is 0 Å². The van der Waals surface area contributed by atoms with Crippen LogP contribution >= 0.6 is 12.4 Å². The Morgan fingerprint density at radius 1 is 1.26 bits per heavy atom. The van der Waals surface area contributed by atoms with E-state index >= 15 is 0 Å². The van der Waals surface area contributed by atoms with E-state index in [2.05, 4.69) is 4.90 Å². The lowest BCUT2D eigenvalue weighted by Gasteiger charge is -2.25. The van der Waals surface area contributed by atoms with Gasteiger partial charge in [0, 0.05) is 26.1 Å². The Morgan fingerprint density at radius 2 is 1.96 bits per heavy atom. The van der Waals surface area contributed by atoms with E-state index in [1.54, 1.807) is 6.07 Å². The summed E-state index contributed by atoms with van der Waals surface area (Å²) in [6.45, 7) is 3.62. The van der Waals surface area contributed by atoms with Crippen molar-refractivity contribution in [3.63, 3.8) is 0 Å². The molecule has 7 heteroatoms. The highest BCUT2D eigenvalue weighted by molar-refractivity contribution is 5.93. The summed E-state index contributed by atoms with van der Waals surface area (Å²) in [5, 5.41) is 0. The summed E-state index contributed by atoms with van der Waals surface area (Å²) in [6.07, 6.45) is -1.24. The first-order valence-electron chi connectivity index (χ1n) is 7.13. The van der Waals surface area contributed by atoms with Crippen molar-refractivity contribution in [3.8, 4) is 0 Å². The number of morpholine rings is 1. The Balaban J connectivity index is 0.00000264. The molecule has 0 amide bonds. The number of halogens is 4. The van der Waals surface area contributed by atoms with Gasteiger partial charge >= 0.3 is 6.18 Å². The maximum atomic E-state index is 12.6. The van der Waals surface area contributed by atoms with Crippen LogP contribution in [0, 0.1) is 0 Å². The maximum Gasteiger partial charge on any atom is 0.416 e. The number of benzene rings is 1. The number of hydrogen-bond donors (Lipinski definition) is 0. The number of carbonyl (C=O) groups excluding carboxylic acids is 1. The third-order valence-corrected chi connectivity index (χ3v) is 3.45. The Kier molecular flexibility index (Phi) is 7.75. The number of rotatable bonds is 5. The molecule has 0 saturated carbocycles. The predicted octanol–water partition coefficient (Wildman–Crippen LogP) is 3.43. The molecule has 0 radical (unpaired) electrons. The number of hydrogen-bond acceptors (Lipinski definition) is 3. The van der Waals surface area contributed by atoms with Gasteiger partial charge in [0.05, 0.1) is 18.8 Å². The van der Waals surface area contributed by atoms with Gasteiger partial charge in [-0.2, -0.15) is 13.2 Å². The molecule has 1 aromatic rings. The lowest BCUT2D eigenvalue weighted by Crippen LogP contribution is -2.37. The maximum absolute atomic E-state index is 12.6. The Morgan fingerprint density at radius 3 is 2.61 bits per heavy atom. The van der Waals surface area contributed by atoms with Crippen LogP contribution in [0.2, 0.25) is 0 Å². The minimum Gasteiger partial charge on any atom is -0.379 e. The monoisotopic (exact) mass is 349 g/mol. The summed E-state index contributed by atoms with van der Waals surface area (Å²) in [5.74, 6) is -0.0936. The lowest BCUT2D eigenvalue weighted by atomic mass is 10.1. The van der Waals surface area contributed by atoms with Gasteiger partial charge in [0.25, 0.3) is 0 Å². The van der Waals surface area contributed by atoms with Gasteiger partial charge in [-0.15, -0.1) is 12.4 Å². The highest BCUT2D eigenvalue weighted by Gasteiger charge is 2.30. The molecule has 0 N–H and O–H groups in total. The number of allylic oxidation sites excluding steroid dienone is 1. The van der Waals surface area contributed by atoms with E-state index in [4.69, 9.17) is 4.74 Å². The van der Waals surface area contributed by atoms with E-state index in [0.29, 0.717) is 31.7 Å². The fraction of sp³-hybridized carbons (Fsp3) is 0.438. The average molecular weight is 350 g/mol. The van der Waals surface area contributed by atoms with Crippen LogP contribution in [-0.4, -0.2) is 43.5 Å². The Labute approximate surface area is 139 Å². The summed E-state index contributed by atoms with van der Waals surface area (Å²) < 4.78 is 43.0. The van der Waals surface area contributed by atoms with Crippen LogP contribution in [0.15, 0.2) is 30.3 Å². The Bertz CT molecular complexity index is 540. The SMILES string of the molecule is Cl.O=C(/C=C/c1cccc(C(F)(F)F)c1)CCN1CCOCC1. The lowest BCUT2D eigenvalue weighted by molar-refractivity contribution is -0.137. The first-order valence-corrected chi connectivity index (χ1v) is 7.13. The summed E-state index contributed by atoms with van der Waals surface area (Å²) >= 11 is 0. The molecule has 1 aromatic carbocycles. The van der Waals surface area contributed by atoms with Crippen molar-refractivity contribution in [1.82, 2.24) is 4.90 Å². The van der Waals surface area contributed by atoms with Gasteiger partial charge in [0.1, 0.15) is 0 Å². The summed E-state index contributed by atoms with van der Waals surface area (Å²) in [4.78, 5) is 13.9. The summed E-state index contributed by atoms with van der Waals surface area (Å²) in [5.41, 5.74) is -0.343. The van der Waals surface area contributed by atoms with Crippen molar-refractivity contribution < 1.29 is 22.7 Å². The summed E-state index contributed by atoms with van der Waals surface area (Å²) in [6, 6.07) is 4.92. The molecule has 0 aliphatic carbocycles. The van der Waals surface area contributed by atoms with Crippen LogP contribution in [0.5, 0.6) is 0 Å². The van der Waals surface area contributed by atoms with Gasteiger partial charge in [0.15, 0.2) is 5.78 Å². The van der Waals surface area contributed by atoms with Gasteiger partial charge in [0.2, 0.25) is 0 Å². The third-order valence-electron chi connectivity index (χ3n) is 3.45. The van der Waals surface area contributed by atoms with Gasteiger partial charge in [-0.25, -0.2) is 0 Å². The quantitative estimate of drug-likeness (QED) is 0.763. The minimum atomic E-state index is -4.37. The molecular weight excluding hydrogens is 331 g/mol. The van der Waals surface area contributed by atoms with Crippen LogP contribution in [0.1, 0.15) is 17.5 Å². The van der Waals surface area contributed by atoms with Gasteiger partial charge in [-0.05, 0) is 23.8 Å². The number of alkyl halides is 3. The topological polar surface area (TPSA) is 29.5 Å². The number of carbonyl (C=O) groups is 1. The summed E-state index contributed by atoms with van der Waals surface area (Å²) in [7, 11) is 0. The molecule has 3 nitrogen and oxygen atoms in total. The van der Waals surface area contributed by atoms with Crippen molar-refractivity contribution >= 4 is 24.3 Å². The minimum absolute atomic E-state index is 0. The highest BCUT2D eigenvalue weighted by Crippen LogP contribution is 2.29. The molecule has 0 atom stereocenters. The van der Waals surface area contributed by atoms with Crippen LogP contribution < -0.4 is 0 Å². The second-order valence-electron chi connectivity index (χ2n) is 5.13. The first-order chi connectivity index (χ1) is 10.4. The smallest absolute Gasteiger partial charge is 0.379 e. The van der Waals surface area contributed by atoms with E-state index < -0.39 is 11.7 Å². The molecule has 1 saturated heterocycles. The Hall–Kier alpha value is -1.37. The van der Waals surface area contributed by atoms with Crippen LogP contribution in [0.3, 0.4) is 0 Å². The standard InChI is InChI=1S/C16H18F3NO2.ClH/c17-16(18,19)14-3-1-2-13(12-14)4-5-15(21)6-7-20-8-10-22-11-9-20;/h1-5,12H,6-11H2;1H/b5-4+;. The zero-order valence-electron chi connectivity index (χ0n) is 12.5. The van der Waals surface area contributed by atoms with E-state index in [1.165, 1.54) is 18.2 Å². The average Bonchev–Trinajstić information content (AvgIpc) is 2.51. The van der Waals surface area contributed by atoms with E-state index in [9.17, 15) is 18.0 Å². The van der Waals surface area contributed by atoms with Crippen LogP contribution in [0.25, 0.3) is 6.08 Å². The molecule has 0 bridgehead atoms. The van der Waals surface area contributed by atoms with Gasteiger partial charge < -0.3 is 4.74 Å². The fourth-order valence-corrected chi connectivity index (χ4v) is 2.18. The van der Waals surface area contributed by atoms with Gasteiger partial charge in [-0.3, -0.25) is 9.69 Å². The molecule has 0 spiro atoms. The second kappa shape index (κ2) is 9.05. The molecule has 2 rings (SSSR count). The van der Waals surface area contributed by atoms with E-state index in [1.807, 2.05) is 0 Å². The van der Waals surface area contributed by atoms with Crippen molar-refractivity contribution in [2.45, 2.75) is 12.6 Å². The van der Waals surface area contributed by atoms with Crippen molar-refractivity contribution in [2.24, 2.45) is 0 Å². The van der Waals surface area contributed by atoms with Crippen LogP contribution in [0.4, 0.5) is 13.2 Å². The highest BCUT2D eigenvalue weighted by atomic mass is 35.5. The molecular formula is C16H19ClF3NO2. The van der Waals surface area contributed by atoms with E-state index in [-0.39, 0.29) is 18.2 Å².